The molecule has 4 nitrogen and oxygen atoms in total. The van der Waals surface area contributed by atoms with Gasteiger partial charge in [-0.05, 0) is 24.1 Å². The summed E-state index contributed by atoms with van der Waals surface area (Å²) in [6.07, 6.45) is 0.967. The third kappa shape index (κ3) is 2.56. The van der Waals surface area contributed by atoms with Crippen molar-refractivity contribution in [3.05, 3.63) is 34.8 Å². The topological polar surface area (TPSA) is 55.2 Å². The van der Waals surface area contributed by atoms with Crippen LogP contribution in [0.5, 0.6) is 10.9 Å². The highest BCUT2D eigenvalue weighted by Gasteiger charge is 2.05. The van der Waals surface area contributed by atoms with E-state index in [-0.39, 0.29) is 6.61 Å². The van der Waals surface area contributed by atoms with Crippen LogP contribution in [0.1, 0.15) is 17.5 Å². The van der Waals surface area contributed by atoms with Crippen molar-refractivity contribution >= 4 is 11.3 Å². The molecule has 0 radical (unpaired) electrons. The van der Waals surface area contributed by atoms with Gasteiger partial charge in [0.2, 0.25) is 0 Å². The fourth-order valence-electron chi connectivity index (χ4n) is 1.27. The first kappa shape index (κ1) is 11.0. The van der Waals surface area contributed by atoms with Gasteiger partial charge < -0.3 is 9.84 Å². The molecule has 1 aromatic carbocycles. The van der Waals surface area contributed by atoms with Crippen LogP contribution in [0.3, 0.4) is 0 Å². The van der Waals surface area contributed by atoms with Crippen LogP contribution in [0.2, 0.25) is 0 Å². The van der Waals surface area contributed by atoms with E-state index in [2.05, 4.69) is 17.1 Å². The van der Waals surface area contributed by atoms with Gasteiger partial charge in [-0.25, -0.2) is 0 Å². The molecule has 5 heteroatoms. The number of ether oxygens (including phenoxy) is 1. The van der Waals surface area contributed by atoms with Gasteiger partial charge in [-0.2, -0.15) is 0 Å². The monoisotopic (exact) mass is 236 g/mol. The van der Waals surface area contributed by atoms with Crippen LogP contribution in [0.4, 0.5) is 0 Å². The molecule has 1 aromatic heterocycles. The fourth-order valence-corrected chi connectivity index (χ4v) is 1.84. The normalized spacial score (nSPS) is 10.4. The van der Waals surface area contributed by atoms with Gasteiger partial charge in [0.05, 0.1) is 6.61 Å². The van der Waals surface area contributed by atoms with E-state index in [1.165, 1.54) is 16.9 Å². The molecule has 1 N–H and O–H groups in total. The zero-order chi connectivity index (χ0) is 11.4. The Bertz CT molecular complexity index is 471. The van der Waals surface area contributed by atoms with E-state index < -0.39 is 0 Å². The quantitative estimate of drug-likeness (QED) is 0.885. The average molecular weight is 236 g/mol. The summed E-state index contributed by atoms with van der Waals surface area (Å²) in [6.45, 7) is 1.99. The fraction of sp³-hybridized carbons (Fsp3) is 0.273. The lowest BCUT2D eigenvalue weighted by molar-refractivity contribution is 0.280. The highest BCUT2D eigenvalue weighted by Crippen LogP contribution is 2.25. The van der Waals surface area contributed by atoms with E-state index >= 15 is 0 Å². The Labute approximate surface area is 97.5 Å². The molecule has 0 unspecified atom stereocenters. The average Bonchev–Trinajstić information content (AvgIpc) is 2.77. The van der Waals surface area contributed by atoms with Gasteiger partial charge in [0.25, 0.3) is 5.19 Å². The van der Waals surface area contributed by atoms with Crippen molar-refractivity contribution in [2.45, 2.75) is 20.0 Å². The molecule has 1 heterocycles. The first-order valence-electron chi connectivity index (χ1n) is 5.02. The second kappa shape index (κ2) is 5.05. The minimum Gasteiger partial charge on any atom is -0.430 e. The number of aliphatic hydroxyl groups is 1. The van der Waals surface area contributed by atoms with Crippen molar-refractivity contribution in [2.75, 3.05) is 0 Å². The highest BCUT2D eigenvalue weighted by atomic mass is 32.1. The van der Waals surface area contributed by atoms with Gasteiger partial charge >= 0.3 is 0 Å². The van der Waals surface area contributed by atoms with Crippen LogP contribution in [-0.2, 0) is 13.0 Å². The summed E-state index contributed by atoms with van der Waals surface area (Å²) >= 11 is 1.25. The molecule has 2 aromatic rings. The minimum absolute atomic E-state index is 0.101. The molecular formula is C11H12N2O2S. The smallest absolute Gasteiger partial charge is 0.299 e. The van der Waals surface area contributed by atoms with Gasteiger partial charge in [0.15, 0.2) is 0 Å². The van der Waals surface area contributed by atoms with Crippen LogP contribution in [0.25, 0.3) is 0 Å². The lowest BCUT2D eigenvalue weighted by atomic mass is 10.2. The second-order valence-electron chi connectivity index (χ2n) is 3.22. The van der Waals surface area contributed by atoms with Gasteiger partial charge in [-0.15, -0.1) is 5.10 Å². The first-order valence-corrected chi connectivity index (χ1v) is 5.83. The molecule has 0 amide bonds. The molecule has 0 aliphatic rings. The molecular weight excluding hydrogens is 224 g/mol. The van der Waals surface area contributed by atoms with E-state index in [9.17, 15) is 0 Å². The number of aryl methyl sites for hydroxylation is 1. The first-order chi connectivity index (χ1) is 7.81. The maximum absolute atomic E-state index is 8.85. The predicted molar refractivity (Wildman–Crippen MR) is 61.7 cm³/mol. The molecule has 16 heavy (non-hydrogen) atoms. The van der Waals surface area contributed by atoms with Crippen LogP contribution >= 0.6 is 11.3 Å². The maximum Gasteiger partial charge on any atom is 0.299 e. The second-order valence-corrected chi connectivity index (χ2v) is 4.25. The van der Waals surface area contributed by atoms with Crippen LogP contribution < -0.4 is 4.74 Å². The largest absolute Gasteiger partial charge is 0.430 e. The zero-order valence-corrected chi connectivity index (χ0v) is 9.70. The van der Waals surface area contributed by atoms with Crippen LogP contribution in [0, 0.1) is 0 Å². The van der Waals surface area contributed by atoms with Crippen molar-refractivity contribution in [3.8, 4) is 10.9 Å². The summed E-state index contributed by atoms with van der Waals surface area (Å²) < 4.78 is 5.54. The molecule has 2 rings (SSSR count). The van der Waals surface area contributed by atoms with E-state index in [1.54, 1.807) is 0 Å². The van der Waals surface area contributed by atoms with Gasteiger partial charge in [0.1, 0.15) is 10.8 Å². The van der Waals surface area contributed by atoms with E-state index in [0.717, 1.165) is 12.2 Å². The number of hydrogen-bond donors (Lipinski definition) is 1. The zero-order valence-electron chi connectivity index (χ0n) is 8.88. The number of aromatic nitrogens is 2. The Morgan fingerprint density at radius 1 is 1.38 bits per heavy atom. The Kier molecular flexibility index (Phi) is 3.48. The summed E-state index contributed by atoms with van der Waals surface area (Å²) in [4.78, 5) is 0. The van der Waals surface area contributed by atoms with Crippen molar-refractivity contribution < 1.29 is 9.84 Å². The minimum atomic E-state index is -0.101. The highest BCUT2D eigenvalue weighted by molar-refractivity contribution is 7.13. The summed E-state index contributed by atoms with van der Waals surface area (Å²) in [5.41, 5.74) is 1.21. The number of nitrogens with zero attached hydrogens (tertiary/aromatic N) is 2. The third-order valence-electron chi connectivity index (χ3n) is 2.10. The molecule has 0 saturated carbocycles. The molecule has 0 aliphatic heterocycles. The standard InChI is InChI=1S/C11H12N2O2S/c1-2-8-4-3-5-9(6-8)15-11-13-12-10(7-14)16-11/h3-6,14H,2,7H2,1H3. The third-order valence-corrected chi connectivity index (χ3v) is 2.88. The molecule has 0 atom stereocenters. The number of aliphatic hydroxyl groups excluding tert-OH is 1. The molecule has 0 fully saturated rings. The van der Waals surface area contributed by atoms with Crippen molar-refractivity contribution in [1.82, 2.24) is 10.2 Å². The van der Waals surface area contributed by atoms with E-state index in [0.29, 0.717) is 10.2 Å². The Morgan fingerprint density at radius 2 is 2.25 bits per heavy atom. The van der Waals surface area contributed by atoms with Crippen molar-refractivity contribution in [1.29, 1.82) is 0 Å². The molecule has 0 bridgehead atoms. The van der Waals surface area contributed by atoms with Crippen LogP contribution in [0.15, 0.2) is 24.3 Å². The lowest BCUT2D eigenvalue weighted by Gasteiger charge is -2.02. The lowest BCUT2D eigenvalue weighted by Crippen LogP contribution is -1.85. The Balaban J connectivity index is 2.13. The molecule has 84 valence electrons. The van der Waals surface area contributed by atoms with Crippen molar-refractivity contribution in [2.24, 2.45) is 0 Å². The van der Waals surface area contributed by atoms with Crippen molar-refractivity contribution in [3.63, 3.8) is 0 Å². The van der Waals surface area contributed by atoms with Crippen LogP contribution in [-0.4, -0.2) is 15.3 Å². The van der Waals surface area contributed by atoms with Gasteiger partial charge in [-0.3, -0.25) is 0 Å². The van der Waals surface area contributed by atoms with Gasteiger partial charge in [-0.1, -0.05) is 35.5 Å². The summed E-state index contributed by atoms with van der Waals surface area (Å²) in [7, 11) is 0. The molecule has 0 spiro atoms. The number of rotatable bonds is 4. The maximum atomic E-state index is 8.85. The van der Waals surface area contributed by atoms with E-state index in [4.69, 9.17) is 9.84 Å². The predicted octanol–water partition coefficient (Wildman–Crippen LogP) is 2.39. The molecule has 0 aliphatic carbocycles. The summed E-state index contributed by atoms with van der Waals surface area (Å²) in [5, 5.41) is 17.5. The van der Waals surface area contributed by atoms with Gasteiger partial charge in [0, 0.05) is 0 Å². The van der Waals surface area contributed by atoms with E-state index in [1.807, 2.05) is 24.3 Å². The summed E-state index contributed by atoms with van der Waals surface area (Å²) in [6, 6.07) is 7.84. The Morgan fingerprint density at radius 3 is 2.94 bits per heavy atom. The number of hydrogen-bond acceptors (Lipinski definition) is 5. The summed E-state index contributed by atoms with van der Waals surface area (Å²) in [5.74, 6) is 0.750. The Hall–Kier alpha value is -1.46. The molecule has 0 saturated heterocycles. The SMILES string of the molecule is CCc1cccc(Oc2nnc(CO)s2)c1. The number of benzene rings is 1.